The third-order valence-electron chi connectivity index (χ3n) is 3.99. The van der Waals surface area contributed by atoms with Crippen LogP contribution in [0, 0.1) is 11.8 Å². The molecule has 0 heterocycles. The molecule has 0 unspecified atom stereocenters. The Morgan fingerprint density at radius 1 is 1.10 bits per heavy atom. The summed E-state index contributed by atoms with van der Waals surface area (Å²) in [7, 11) is -1.55. The molecule has 0 aliphatic rings. The number of rotatable bonds is 8. The maximum absolute atomic E-state index is 6.14. The van der Waals surface area contributed by atoms with Crippen LogP contribution >= 0.6 is 0 Å². The van der Waals surface area contributed by atoms with Crippen molar-refractivity contribution in [3.63, 3.8) is 0 Å². The molecule has 0 saturated heterocycles. The molecule has 1 nitrogen and oxygen atoms in total. The van der Waals surface area contributed by atoms with Crippen molar-refractivity contribution in [2.24, 2.45) is 0 Å². The second-order valence-corrected chi connectivity index (χ2v) is 11.7. The highest BCUT2D eigenvalue weighted by Crippen LogP contribution is 2.36. The van der Waals surface area contributed by atoms with Gasteiger partial charge in [-0.25, -0.2) is 0 Å². The minimum Gasteiger partial charge on any atom is -0.417 e. The van der Waals surface area contributed by atoms with E-state index in [1.165, 1.54) is 12.8 Å². The average Bonchev–Trinajstić information content (AvgIpc) is 2.34. The van der Waals surface area contributed by atoms with Crippen LogP contribution in [0.2, 0.25) is 18.1 Å². The van der Waals surface area contributed by atoms with E-state index in [0.29, 0.717) is 5.04 Å². The summed E-state index contributed by atoms with van der Waals surface area (Å²) in [5.74, 6) is 6.32. The number of hydrogen-bond donors (Lipinski definition) is 0. The van der Waals surface area contributed by atoms with Crippen LogP contribution in [0.5, 0.6) is 0 Å². The standard InChI is InChI=1S/C18H34OSi/c1-7-8-9-10-11-12-13-14-15-16-17-19-20(5,6)18(2,3)4/h10-11H,7-9,14-17H2,1-6H3/b11-10+. The second kappa shape index (κ2) is 10.2. The van der Waals surface area contributed by atoms with E-state index < -0.39 is 8.32 Å². The van der Waals surface area contributed by atoms with Crippen LogP contribution in [0.3, 0.4) is 0 Å². The zero-order valence-corrected chi connectivity index (χ0v) is 15.5. The first kappa shape index (κ1) is 19.5. The first-order valence-electron chi connectivity index (χ1n) is 8.08. The van der Waals surface area contributed by atoms with E-state index in [0.717, 1.165) is 32.3 Å². The van der Waals surface area contributed by atoms with Crippen molar-refractivity contribution in [1.82, 2.24) is 0 Å². The first-order valence-corrected chi connectivity index (χ1v) is 11.0. The lowest BCUT2D eigenvalue weighted by atomic mass is 10.2. The maximum Gasteiger partial charge on any atom is 0.191 e. The van der Waals surface area contributed by atoms with E-state index in [1.807, 2.05) is 6.08 Å². The summed E-state index contributed by atoms with van der Waals surface area (Å²) in [6, 6.07) is 0. The molecule has 0 aliphatic heterocycles. The topological polar surface area (TPSA) is 9.23 Å². The zero-order chi connectivity index (χ0) is 15.5. The van der Waals surface area contributed by atoms with Gasteiger partial charge in [-0.1, -0.05) is 58.5 Å². The van der Waals surface area contributed by atoms with Crippen molar-refractivity contribution < 1.29 is 4.43 Å². The lowest BCUT2D eigenvalue weighted by Crippen LogP contribution is -2.40. The smallest absolute Gasteiger partial charge is 0.191 e. The van der Waals surface area contributed by atoms with Crippen molar-refractivity contribution in [2.75, 3.05) is 6.61 Å². The highest BCUT2D eigenvalue weighted by atomic mass is 28.4. The van der Waals surface area contributed by atoms with Gasteiger partial charge in [0.15, 0.2) is 8.32 Å². The summed E-state index contributed by atoms with van der Waals surface area (Å²) < 4.78 is 6.14. The van der Waals surface area contributed by atoms with Crippen molar-refractivity contribution in [3.05, 3.63) is 12.2 Å². The average molecular weight is 295 g/mol. The Kier molecular flexibility index (Phi) is 9.97. The minimum absolute atomic E-state index is 0.316. The van der Waals surface area contributed by atoms with Gasteiger partial charge in [-0.3, -0.25) is 0 Å². The van der Waals surface area contributed by atoms with Crippen molar-refractivity contribution >= 4 is 8.32 Å². The van der Waals surface area contributed by atoms with Gasteiger partial charge < -0.3 is 4.43 Å². The molecule has 0 amide bonds. The van der Waals surface area contributed by atoms with Crippen molar-refractivity contribution in [2.45, 2.75) is 84.4 Å². The quantitative estimate of drug-likeness (QED) is 0.306. The van der Waals surface area contributed by atoms with Gasteiger partial charge in [-0.15, -0.1) is 0 Å². The van der Waals surface area contributed by atoms with Crippen LogP contribution in [0.4, 0.5) is 0 Å². The summed E-state index contributed by atoms with van der Waals surface area (Å²) in [4.78, 5) is 0. The predicted molar refractivity (Wildman–Crippen MR) is 93.4 cm³/mol. The highest BCUT2D eigenvalue weighted by molar-refractivity contribution is 6.74. The summed E-state index contributed by atoms with van der Waals surface area (Å²) in [6.45, 7) is 14.6. The minimum atomic E-state index is -1.55. The van der Waals surface area contributed by atoms with Crippen LogP contribution in [0.25, 0.3) is 0 Å². The molecule has 2 heteroatoms. The van der Waals surface area contributed by atoms with Gasteiger partial charge in [0.25, 0.3) is 0 Å². The van der Waals surface area contributed by atoms with Crippen LogP contribution in [-0.2, 0) is 4.43 Å². The third-order valence-corrected chi connectivity index (χ3v) is 8.53. The molecular formula is C18H34OSi. The van der Waals surface area contributed by atoms with E-state index in [1.54, 1.807) is 0 Å². The van der Waals surface area contributed by atoms with Gasteiger partial charge in [0.2, 0.25) is 0 Å². The molecule has 0 atom stereocenters. The number of hydrogen-bond acceptors (Lipinski definition) is 1. The molecule has 0 aliphatic carbocycles. The normalized spacial score (nSPS) is 12.5. The molecule has 0 aromatic carbocycles. The van der Waals surface area contributed by atoms with Crippen LogP contribution in [0.15, 0.2) is 12.2 Å². The molecule has 0 fully saturated rings. The molecule has 20 heavy (non-hydrogen) atoms. The van der Waals surface area contributed by atoms with Crippen LogP contribution in [-0.4, -0.2) is 14.9 Å². The van der Waals surface area contributed by atoms with Gasteiger partial charge in [0, 0.05) is 13.0 Å². The van der Waals surface area contributed by atoms with Gasteiger partial charge in [-0.05, 0) is 43.5 Å². The lowest BCUT2D eigenvalue weighted by Gasteiger charge is -2.36. The molecule has 0 aromatic rings. The highest BCUT2D eigenvalue weighted by Gasteiger charge is 2.36. The molecule has 0 spiro atoms. The van der Waals surface area contributed by atoms with Crippen LogP contribution < -0.4 is 0 Å². The van der Waals surface area contributed by atoms with Crippen molar-refractivity contribution in [3.8, 4) is 11.8 Å². The Labute approximate surface area is 128 Å². The monoisotopic (exact) mass is 294 g/mol. The summed E-state index contributed by atoms with van der Waals surface area (Å²) in [6.07, 6.45) is 11.1. The molecular weight excluding hydrogens is 260 g/mol. The van der Waals surface area contributed by atoms with E-state index in [-0.39, 0.29) is 0 Å². The van der Waals surface area contributed by atoms with E-state index in [2.05, 4.69) is 58.7 Å². The molecule has 0 rings (SSSR count). The number of allylic oxidation sites excluding steroid dienone is 2. The maximum atomic E-state index is 6.14. The predicted octanol–water partition coefficient (Wildman–Crippen LogP) is 5.93. The SMILES string of the molecule is CCCC/C=C/C#CCCCCO[Si](C)(C)C(C)(C)C. The molecule has 0 N–H and O–H groups in total. The molecule has 0 saturated carbocycles. The fourth-order valence-electron chi connectivity index (χ4n) is 1.45. The molecule has 0 bridgehead atoms. The Morgan fingerprint density at radius 2 is 1.80 bits per heavy atom. The number of unbranched alkanes of at least 4 members (excludes halogenated alkanes) is 4. The summed E-state index contributed by atoms with van der Waals surface area (Å²) in [5, 5.41) is 0.316. The van der Waals surface area contributed by atoms with Crippen molar-refractivity contribution in [1.29, 1.82) is 0 Å². The summed E-state index contributed by atoms with van der Waals surface area (Å²) in [5.41, 5.74) is 0. The second-order valence-electron chi connectivity index (χ2n) is 6.93. The Morgan fingerprint density at radius 3 is 2.40 bits per heavy atom. The Hall–Kier alpha value is -0.523. The third kappa shape index (κ3) is 9.39. The van der Waals surface area contributed by atoms with Gasteiger partial charge in [0.1, 0.15) is 0 Å². The molecule has 0 aromatic heterocycles. The van der Waals surface area contributed by atoms with E-state index in [4.69, 9.17) is 4.43 Å². The lowest BCUT2D eigenvalue weighted by molar-refractivity contribution is 0.280. The van der Waals surface area contributed by atoms with E-state index >= 15 is 0 Å². The molecule has 116 valence electrons. The van der Waals surface area contributed by atoms with Gasteiger partial charge in [0.05, 0.1) is 0 Å². The van der Waals surface area contributed by atoms with Gasteiger partial charge in [-0.2, -0.15) is 0 Å². The Bertz CT molecular complexity index is 326. The van der Waals surface area contributed by atoms with Gasteiger partial charge >= 0.3 is 0 Å². The zero-order valence-electron chi connectivity index (χ0n) is 14.5. The Balaban J connectivity index is 3.64. The van der Waals surface area contributed by atoms with Crippen LogP contribution in [0.1, 0.15) is 66.2 Å². The van der Waals surface area contributed by atoms with E-state index in [9.17, 15) is 0 Å². The fourth-order valence-corrected chi connectivity index (χ4v) is 2.54. The summed E-state index contributed by atoms with van der Waals surface area (Å²) >= 11 is 0. The largest absolute Gasteiger partial charge is 0.417 e. The molecule has 0 radical (unpaired) electrons. The fraction of sp³-hybridized carbons (Fsp3) is 0.778. The first-order chi connectivity index (χ1) is 9.31.